The number of anilines is 1. The third-order valence-corrected chi connectivity index (χ3v) is 5.37. The quantitative estimate of drug-likeness (QED) is 0.880. The molecule has 1 saturated heterocycles. The maximum Gasteiger partial charge on any atom is 0.185 e. The highest BCUT2D eigenvalue weighted by Gasteiger charge is 2.29. The molecule has 1 fully saturated rings. The molecular weight excluding hydrogens is 310 g/mol. The number of furan rings is 1. The van der Waals surface area contributed by atoms with E-state index in [1.165, 1.54) is 0 Å². The molecule has 0 bridgehead atoms. The van der Waals surface area contributed by atoms with Gasteiger partial charge in [0.25, 0.3) is 0 Å². The van der Waals surface area contributed by atoms with Gasteiger partial charge in [0.1, 0.15) is 17.1 Å². The Morgan fingerprint density at radius 3 is 2.74 bits per heavy atom. The van der Waals surface area contributed by atoms with Crippen molar-refractivity contribution in [2.24, 2.45) is 0 Å². The van der Waals surface area contributed by atoms with E-state index in [-0.39, 0.29) is 0 Å². The highest BCUT2D eigenvalue weighted by Crippen LogP contribution is 2.27. The molecule has 0 saturated carbocycles. The minimum atomic E-state index is -0.908. The van der Waals surface area contributed by atoms with Crippen molar-refractivity contribution in [2.45, 2.75) is 45.3 Å². The second-order valence-corrected chi connectivity index (χ2v) is 7.43. The molecule has 1 aliphatic heterocycles. The van der Waals surface area contributed by atoms with E-state index in [9.17, 15) is 5.11 Å². The van der Waals surface area contributed by atoms with Crippen LogP contribution in [0.4, 0.5) is 5.13 Å². The fourth-order valence-electron chi connectivity index (χ4n) is 3.25. The Morgan fingerprint density at radius 1 is 1.43 bits per heavy atom. The Morgan fingerprint density at radius 2 is 2.17 bits per heavy atom. The first kappa shape index (κ1) is 16.5. The van der Waals surface area contributed by atoms with Crippen LogP contribution in [0, 0.1) is 13.8 Å². The van der Waals surface area contributed by atoms with Gasteiger partial charge in [-0.15, -0.1) is 11.3 Å². The number of thiazole rings is 1. The first-order valence-electron chi connectivity index (χ1n) is 8.13. The molecule has 2 aromatic rings. The van der Waals surface area contributed by atoms with Crippen molar-refractivity contribution in [3.05, 3.63) is 34.7 Å². The van der Waals surface area contributed by atoms with Gasteiger partial charge in [-0.25, -0.2) is 4.98 Å². The molecule has 0 amide bonds. The van der Waals surface area contributed by atoms with E-state index in [0.717, 1.165) is 48.1 Å². The first-order valence-corrected chi connectivity index (χ1v) is 9.01. The predicted octanol–water partition coefficient (Wildman–Crippen LogP) is 2.82. The van der Waals surface area contributed by atoms with E-state index in [4.69, 9.17) is 4.42 Å². The highest BCUT2D eigenvalue weighted by molar-refractivity contribution is 7.13. The molecule has 1 atom stereocenters. The van der Waals surface area contributed by atoms with Crippen LogP contribution in [0.1, 0.15) is 36.8 Å². The van der Waals surface area contributed by atoms with Crippen molar-refractivity contribution in [3.8, 4) is 0 Å². The van der Waals surface area contributed by atoms with E-state index in [1.54, 1.807) is 11.3 Å². The zero-order valence-electron chi connectivity index (χ0n) is 14.0. The Labute approximate surface area is 141 Å². The van der Waals surface area contributed by atoms with Gasteiger partial charge in [-0.2, -0.15) is 0 Å². The SMILES string of the molecule is Cc1cc([C@](C)(O)CNC2CCN(c3nccs3)CC2)c(C)o1. The average Bonchev–Trinajstić information content (AvgIpc) is 3.16. The zero-order chi connectivity index (χ0) is 16.4. The van der Waals surface area contributed by atoms with Crippen LogP contribution >= 0.6 is 11.3 Å². The van der Waals surface area contributed by atoms with Crippen LogP contribution in [0.15, 0.2) is 22.1 Å². The lowest BCUT2D eigenvalue weighted by molar-refractivity contribution is 0.0513. The van der Waals surface area contributed by atoms with E-state index in [2.05, 4.69) is 15.2 Å². The Balaban J connectivity index is 1.52. The van der Waals surface area contributed by atoms with Crippen molar-refractivity contribution < 1.29 is 9.52 Å². The Kier molecular flexibility index (Phi) is 4.75. The Hall–Kier alpha value is -1.37. The van der Waals surface area contributed by atoms with E-state index in [1.807, 2.05) is 38.4 Å². The fourth-order valence-corrected chi connectivity index (χ4v) is 3.95. The molecule has 0 spiro atoms. The van der Waals surface area contributed by atoms with Gasteiger partial charge in [0.15, 0.2) is 5.13 Å². The molecule has 6 heteroatoms. The van der Waals surface area contributed by atoms with Gasteiger partial charge in [0.05, 0.1) is 0 Å². The maximum absolute atomic E-state index is 10.8. The number of hydrogen-bond donors (Lipinski definition) is 2. The average molecular weight is 335 g/mol. The topological polar surface area (TPSA) is 61.5 Å². The largest absolute Gasteiger partial charge is 0.466 e. The highest BCUT2D eigenvalue weighted by atomic mass is 32.1. The van der Waals surface area contributed by atoms with Gasteiger partial charge in [0.2, 0.25) is 0 Å². The van der Waals surface area contributed by atoms with Crippen LogP contribution in [0.5, 0.6) is 0 Å². The molecule has 3 heterocycles. The van der Waals surface area contributed by atoms with Crippen LogP contribution < -0.4 is 10.2 Å². The lowest BCUT2D eigenvalue weighted by Crippen LogP contribution is -2.46. The summed E-state index contributed by atoms with van der Waals surface area (Å²) in [7, 11) is 0. The van der Waals surface area contributed by atoms with Crippen LogP contribution in [0.25, 0.3) is 0 Å². The molecule has 2 N–H and O–H groups in total. The van der Waals surface area contributed by atoms with Gasteiger partial charge in [-0.3, -0.25) is 0 Å². The molecule has 1 aliphatic rings. The molecule has 0 aliphatic carbocycles. The number of rotatable bonds is 5. The number of aliphatic hydroxyl groups is 1. The first-order chi connectivity index (χ1) is 11.0. The third-order valence-electron chi connectivity index (χ3n) is 4.54. The summed E-state index contributed by atoms with van der Waals surface area (Å²) >= 11 is 1.69. The van der Waals surface area contributed by atoms with Gasteiger partial charge in [0, 0.05) is 42.8 Å². The smallest absolute Gasteiger partial charge is 0.185 e. The number of hydrogen-bond acceptors (Lipinski definition) is 6. The van der Waals surface area contributed by atoms with Gasteiger partial charge in [-0.1, -0.05) is 0 Å². The molecule has 0 radical (unpaired) electrons. The fraction of sp³-hybridized carbons (Fsp3) is 0.588. The van der Waals surface area contributed by atoms with Gasteiger partial charge >= 0.3 is 0 Å². The predicted molar refractivity (Wildman–Crippen MR) is 93.1 cm³/mol. The molecule has 2 aromatic heterocycles. The van der Waals surface area contributed by atoms with Crippen molar-refractivity contribution in [1.29, 1.82) is 0 Å². The molecule has 0 aromatic carbocycles. The van der Waals surface area contributed by atoms with Gasteiger partial charge in [-0.05, 0) is 39.7 Å². The Bertz CT molecular complexity index is 628. The number of nitrogens with zero attached hydrogens (tertiary/aromatic N) is 2. The van der Waals surface area contributed by atoms with Crippen molar-refractivity contribution in [3.63, 3.8) is 0 Å². The molecule has 3 rings (SSSR count). The normalized spacial score (nSPS) is 19.0. The van der Waals surface area contributed by atoms with Crippen LogP contribution in [0.2, 0.25) is 0 Å². The van der Waals surface area contributed by atoms with E-state index in [0.29, 0.717) is 12.6 Å². The zero-order valence-corrected chi connectivity index (χ0v) is 14.8. The van der Waals surface area contributed by atoms with Gasteiger partial charge < -0.3 is 19.7 Å². The van der Waals surface area contributed by atoms with E-state index >= 15 is 0 Å². The number of nitrogens with one attached hydrogen (secondary N) is 1. The minimum absolute atomic E-state index is 0.436. The van der Waals surface area contributed by atoms with Crippen molar-refractivity contribution in [2.75, 3.05) is 24.5 Å². The number of aromatic nitrogens is 1. The minimum Gasteiger partial charge on any atom is -0.466 e. The molecular formula is C17H25N3O2S. The second-order valence-electron chi connectivity index (χ2n) is 6.56. The van der Waals surface area contributed by atoms with E-state index < -0.39 is 5.60 Å². The monoisotopic (exact) mass is 335 g/mol. The van der Waals surface area contributed by atoms with Crippen LogP contribution in [0.3, 0.4) is 0 Å². The summed E-state index contributed by atoms with van der Waals surface area (Å²) < 4.78 is 5.55. The van der Waals surface area contributed by atoms with Crippen LogP contribution in [-0.4, -0.2) is 35.8 Å². The van der Waals surface area contributed by atoms with Crippen LogP contribution in [-0.2, 0) is 5.60 Å². The summed E-state index contributed by atoms with van der Waals surface area (Å²) in [6.45, 7) is 8.22. The summed E-state index contributed by atoms with van der Waals surface area (Å²) in [6, 6.07) is 2.37. The lowest BCUT2D eigenvalue weighted by atomic mass is 9.95. The lowest BCUT2D eigenvalue weighted by Gasteiger charge is -2.34. The molecule has 5 nitrogen and oxygen atoms in total. The molecule has 0 unspecified atom stereocenters. The summed E-state index contributed by atoms with van der Waals surface area (Å²) in [5.41, 5.74) is -0.0309. The molecule has 126 valence electrons. The number of aryl methyl sites for hydroxylation is 2. The second kappa shape index (κ2) is 6.63. The third kappa shape index (κ3) is 3.76. The summed E-state index contributed by atoms with van der Waals surface area (Å²) in [4.78, 5) is 6.71. The number of piperidine rings is 1. The molecule has 23 heavy (non-hydrogen) atoms. The summed E-state index contributed by atoms with van der Waals surface area (Å²) in [5.74, 6) is 1.64. The summed E-state index contributed by atoms with van der Waals surface area (Å²) in [6.07, 6.45) is 3.99. The van der Waals surface area contributed by atoms with Crippen molar-refractivity contribution in [1.82, 2.24) is 10.3 Å². The van der Waals surface area contributed by atoms with Crippen molar-refractivity contribution >= 4 is 16.5 Å². The standard InChI is InChI=1S/C17H25N3O2S/c1-12-10-15(13(2)22-12)17(3,21)11-19-14-4-7-20(8-5-14)16-18-6-9-23-16/h6,9-10,14,19,21H,4-5,7-8,11H2,1-3H3/t17-/m1/s1. The summed E-state index contributed by atoms with van der Waals surface area (Å²) in [5, 5.41) is 17.4. The maximum atomic E-state index is 10.8.